The van der Waals surface area contributed by atoms with Crippen LogP contribution in [0.2, 0.25) is 0 Å². The smallest absolute Gasteiger partial charge is 0.370 e. The first kappa shape index (κ1) is 13.1. The fourth-order valence-electron chi connectivity index (χ4n) is 0.938. The van der Waals surface area contributed by atoms with E-state index < -0.39 is 11.3 Å². The molecule has 0 saturated heterocycles. The topological polar surface area (TPSA) is 52.6 Å². The summed E-state index contributed by atoms with van der Waals surface area (Å²) < 4.78 is 9.48. The molecule has 0 unspecified atom stereocenters. The Kier molecular flexibility index (Phi) is 5.34. The van der Waals surface area contributed by atoms with Gasteiger partial charge in [-0.25, -0.2) is 9.59 Å². The molecule has 6 heteroatoms. The van der Waals surface area contributed by atoms with Crippen LogP contribution >= 0.6 is 23.1 Å². The van der Waals surface area contributed by atoms with Crippen molar-refractivity contribution >= 4 is 34.4 Å². The van der Waals surface area contributed by atoms with Gasteiger partial charge in [-0.15, -0.1) is 11.3 Å². The van der Waals surface area contributed by atoms with Crippen LogP contribution in [0.4, 0.5) is 4.79 Å². The molecule has 0 aliphatic carbocycles. The zero-order valence-electron chi connectivity index (χ0n) is 9.02. The number of thiophene rings is 1. The number of hydrogen-bond acceptors (Lipinski definition) is 6. The first-order valence-electron chi connectivity index (χ1n) is 4.66. The molecule has 0 aliphatic heterocycles. The molecule has 0 aliphatic rings. The van der Waals surface area contributed by atoms with Gasteiger partial charge in [-0.3, -0.25) is 0 Å². The van der Waals surface area contributed by atoms with Gasteiger partial charge in [0.2, 0.25) is 6.79 Å². The summed E-state index contributed by atoms with van der Waals surface area (Å²) in [6.07, 6.45) is 0. The third-order valence-electron chi connectivity index (χ3n) is 1.68. The molecule has 0 amide bonds. The van der Waals surface area contributed by atoms with Gasteiger partial charge in [0.25, 0.3) is 0 Å². The van der Waals surface area contributed by atoms with Crippen molar-refractivity contribution in [1.82, 2.24) is 0 Å². The van der Waals surface area contributed by atoms with Crippen molar-refractivity contribution in [2.24, 2.45) is 0 Å². The highest BCUT2D eigenvalue weighted by Gasteiger charge is 2.12. The SMILES string of the molecule is CCSC(=O)OCOC(=O)c1sccc1C. The van der Waals surface area contributed by atoms with Crippen LogP contribution in [0.15, 0.2) is 11.4 Å². The lowest BCUT2D eigenvalue weighted by molar-refractivity contribution is 0.00451. The highest BCUT2D eigenvalue weighted by atomic mass is 32.2. The van der Waals surface area contributed by atoms with Gasteiger partial charge in [-0.1, -0.05) is 6.92 Å². The molecular formula is C10H12O4S2. The minimum Gasteiger partial charge on any atom is -0.424 e. The lowest BCUT2D eigenvalue weighted by Crippen LogP contribution is -2.10. The fraction of sp³-hybridized carbons (Fsp3) is 0.400. The molecule has 0 bridgehead atoms. The van der Waals surface area contributed by atoms with E-state index in [1.807, 2.05) is 25.3 Å². The molecule has 4 nitrogen and oxygen atoms in total. The summed E-state index contributed by atoms with van der Waals surface area (Å²) in [6.45, 7) is 3.33. The van der Waals surface area contributed by atoms with E-state index in [9.17, 15) is 9.59 Å². The number of rotatable bonds is 4. The number of esters is 1. The molecule has 0 N–H and O–H groups in total. The number of ether oxygens (including phenoxy) is 2. The Bertz CT molecular complexity index is 373. The summed E-state index contributed by atoms with van der Waals surface area (Å²) in [4.78, 5) is 22.9. The maximum atomic E-state index is 11.5. The van der Waals surface area contributed by atoms with Gasteiger partial charge in [0.1, 0.15) is 4.88 Å². The second kappa shape index (κ2) is 6.55. The van der Waals surface area contributed by atoms with Crippen LogP contribution in [0.5, 0.6) is 0 Å². The van der Waals surface area contributed by atoms with Crippen molar-refractivity contribution in [1.29, 1.82) is 0 Å². The van der Waals surface area contributed by atoms with Gasteiger partial charge >= 0.3 is 11.3 Å². The van der Waals surface area contributed by atoms with Crippen LogP contribution in [0, 0.1) is 6.92 Å². The molecule has 0 aromatic carbocycles. The molecule has 0 saturated carbocycles. The van der Waals surface area contributed by atoms with Gasteiger partial charge in [0.05, 0.1) is 0 Å². The normalized spacial score (nSPS) is 9.88. The minimum atomic E-state index is -0.457. The summed E-state index contributed by atoms with van der Waals surface area (Å²) in [5.41, 5.74) is 0.865. The lowest BCUT2D eigenvalue weighted by atomic mass is 10.3. The van der Waals surface area contributed by atoms with Gasteiger partial charge in [0.15, 0.2) is 0 Å². The number of thioether (sulfide) groups is 1. The van der Waals surface area contributed by atoms with Crippen molar-refractivity contribution in [2.45, 2.75) is 13.8 Å². The predicted molar refractivity (Wildman–Crippen MR) is 64.0 cm³/mol. The van der Waals surface area contributed by atoms with Crippen LogP contribution in [0.25, 0.3) is 0 Å². The van der Waals surface area contributed by atoms with Crippen LogP contribution in [0.3, 0.4) is 0 Å². The Balaban J connectivity index is 2.31. The van der Waals surface area contributed by atoms with E-state index in [1.165, 1.54) is 11.3 Å². The molecule has 88 valence electrons. The highest BCUT2D eigenvalue weighted by molar-refractivity contribution is 8.13. The molecule has 0 spiro atoms. The molecule has 1 heterocycles. The van der Waals surface area contributed by atoms with Crippen molar-refractivity contribution in [3.63, 3.8) is 0 Å². The monoisotopic (exact) mass is 260 g/mol. The fourth-order valence-corrected chi connectivity index (χ4v) is 2.12. The Morgan fingerprint density at radius 3 is 2.75 bits per heavy atom. The van der Waals surface area contributed by atoms with Gasteiger partial charge in [-0.2, -0.15) is 0 Å². The molecule has 16 heavy (non-hydrogen) atoms. The molecule has 0 radical (unpaired) electrons. The summed E-state index contributed by atoms with van der Waals surface area (Å²) in [5, 5.41) is 1.38. The van der Waals surface area contributed by atoms with E-state index in [-0.39, 0.29) is 6.79 Å². The molecule has 0 fully saturated rings. The van der Waals surface area contributed by atoms with Crippen molar-refractivity contribution in [3.8, 4) is 0 Å². The van der Waals surface area contributed by atoms with Crippen LogP contribution in [0.1, 0.15) is 22.2 Å². The lowest BCUT2D eigenvalue weighted by Gasteiger charge is -2.04. The minimum absolute atomic E-state index is 0.331. The third-order valence-corrected chi connectivity index (χ3v) is 3.32. The number of carbonyl (C=O) groups excluding carboxylic acids is 2. The Morgan fingerprint density at radius 2 is 2.19 bits per heavy atom. The van der Waals surface area contributed by atoms with Crippen LogP contribution < -0.4 is 0 Å². The van der Waals surface area contributed by atoms with Crippen molar-refractivity contribution < 1.29 is 19.1 Å². The quantitative estimate of drug-likeness (QED) is 0.615. The average Bonchev–Trinajstić information content (AvgIpc) is 2.64. The molecular weight excluding hydrogens is 248 g/mol. The van der Waals surface area contributed by atoms with E-state index in [1.54, 1.807) is 0 Å². The molecule has 1 rings (SSSR count). The summed E-state index contributed by atoms with van der Waals surface area (Å²) in [7, 11) is 0. The summed E-state index contributed by atoms with van der Waals surface area (Å²) in [5.74, 6) is 0.179. The van der Waals surface area contributed by atoms with Crippen molar-refractivity contribution in [3.05, 3.63) is 21.9 Å². The van der Waals surface area contributed by atoms with E-state index in [0.29, 0.717) is 10.6 Å². The first-order valence-corrected chi connectivity index (χ1v) is 6.52. The molecule has 1 aromatic rings. The summed E-state index contributed by atoms with van der Waals surface area (Å²) >= 11 is 2.34. The number of aryl methyl sites for hydroxylation is 1. The highest BCUT2D eigenvalue weighted by Crippen LogP contribution is 2.16. The average molecular weight is 260 g/mol. The molecule has 0 atom stereocenters. The predicted octanol–water partition coefficient (Wildman–Crippen LogP) is 3.06. The number of carbonyl (C=O) groups is 2. The third kappa shape index (κ3) is 3.86. The largest absolute Gasteiger partial charge is 0.424 e. The zero-order chi connectivity index (χ0) is 12.0. The Labute approximate surface area is 102 Å². The summed E-state index contributed by atoms with van der Waals surface area (Å²) in [6, 6.07) is 1.83. The van der Waals surface area contributed by atoms with Crippen molar-refractivity contribution in [2.75, 3.05) is 12.5 Å². The second-order valence-corrected chi connectivity index (χ2v) is 4.93. The Hall–Kier alpha value is -1.01. The van der Waals surface area contributed by atoms with Gasteiger partial charge in [0, 0.05) is 5.75 Å². The zero-order valence-corrected chi connectivity index (χ0v) is 10.7. The van der Waals surface area contributed by atoms with Crippen LogP contribution in [-0.2, 0) is 9.47 Å². The van der Waals surface area contributed by atoms with Crippen LogP contribution in [-0.4, -0.2) is 23.8 Å². The van der Waals surface area contributed by atoms with Gasteiger partial charge in [-0.05, 0) is 35.7 Å². The second-order valence-electron chi connectivity index (χ2n) is 2.81. The van der Waals surface area contributed by atoms with E-state index in [4.69, 9.17) is 4.74 Å². The maximum Gasteiger partial charge on any atom is 0.370 e. The maximum absolute atomic E-state index is 11.5. The van der Waals surface area contributed by atoms with E-state index in [2.05, 4.69) is 4.74 Å². The van der Waals surface area contributed by atoms with E-state index >= 15 is 0 Å². The van der Waals surface area contributed by atoms with Gasteiger partial charge < -0.3 is 9.47 Å². The van der Waals surface area contributed by atoms with E-state index in [0.717, 1.165) is 17.3 Å². The first-order chi connectivity index (χ1) is 7.65. The molecule has 1 aromatic heterocycles. The Morgan fingerprint density at radius 1 is 1.44 bits per heavy atom. The number of hydrogen-bond donors (Lipinski definition) is 0. The standard InChI is InChI=1S/C10H12O4S2/c1-3-15-10(12)14-6-13-9(11)8-7(2)4-5-16-8/h4-5H,3,6H2,1-2H3.